The first kappa shape index (κ1) is 21.4. The van der Waals surface area contributed by atoms with Crippen LogP contribution in [0.15, 0.2) is 35.7 Å². The number of thiophene rings is 1. The van der Waals surface area contributed by atoms with Gasteiger partial charge >= 0.3 is 0 Å². The van der Waals surface area contributed by atoms with Crippen molar-refractivity contribution in [2.45, 2.75) is 60.3 Å². The summed E-state index contributed by atoms with van der Waals surface area (Å²) in [7, 11) is 0. The number of carbonyl (C=O) groups is 1. The highest BCUT2D eigenvalue weighted by Crippen LogP contribution is 2.28. The lowest BCUT2D eigenvalue weighted by Crippen LogP contribution is -2.31. The van der Waals surface area contributed by atoms with Crippen LogP contribution in [0.3, 0.4) is 0 Å². The standard InChI is InChI=1S/C18H21NOS.2C2H6/c1-14-7-6-8-15(11-14)17-12-16(13-21-17)18(20)19-9-4-2-3-5-10-19;2*1-2/h6-8,11-13H,2-5,9-10H2,1H3;2*1-2H3. The molecule has 1 aliphatic heterocycles. The summed E-state index contributed by atoms with van der Waals surface area (Å²) >= 11 is 1.66. The number of nitrogens with zero attached hydrogens (tertiary/aromatic N) is 1. The Morgan fingerprint density at radius 3 is 2.20 bits per heavy atom. The summed E-state index contributed by atoms with van der Waals surface area (Å²) in [6, 6.07) is 10.5. The van der Waals surface area contributed by atoms with E-state index in [1.54, 1.807) is 11.3 Å². The van der Waals surface area contributed by atoms with Crippen LogP contribution >= 0.6 is 11.3 Å². The molecule has 2 heterocycles. The average Bonchev–Trinajstić information content (AvgIpc) is 3.00. The van der Waals surface area contributed by atoms with Crippen LogP contribution < -0.4 is 0 Å². The first-order valence-corrected chi connectivity index (χ1v) is 10.6. The largest absolute Gasteiger partial charge is 0.339 e. The highest BCUT2D eigenvalue weighted by molar-refractivity contribution is 7.13. The number of carbonyl (C=O) groups excluding carboxylic acids is 1. The third-order valence-corrected chi connectivity index (χ3v) is 5.02. The zero-order valence-electron chi connectivity index (χ0n) is 16.5. The Labute approximate surface area is 157 Å². The maximum absolute atomic E-state index is 12.6. The van der Waals surface area contributed by atoms with E-state index in [2.05, 4.69) is 31.2 Å². The van der Waals surface area contributed by atoms with Crippen molar-refractivity contribution in [1.29, 1.82) is 0 Å². The van der Waals surface area contributed by atoms with E-state index in [0.717, 1.165) is 31.5 Å². The Kier molecular flexibility index (Phi) is 10.2. The SMILES string of the molecule is CC.CC.Cc1cccc(-c2cc(C(=O)N3CCCCCC3)cs2)c1. The molecule has 3 heteroatoms. The van der Waals surface area contributed by atoms with Gasteiger partial charge in [0.25, 0.3) is 5.91 Å². The van der Waals surface area contributed by atoms with E-state index in [1.165, 1.54) is 28.8 Å². The topological polar surface area (TPSA) is 20.3 Å². The van der Waals surface area contributed by atoms with Gasteiger partial charge in [0.2, 0.25) is 0 Å². The van der Waals surface area contributed by atoms with Gasteiger partial charge in [-0.15, -0.1) is 11.3 Å². The summed E-state index contributed by atoms with van der Waals surface area (Å²) < 4.78 is 0. The quantitative estimate of drug-likeness (QED) is 0.578. The van der Waals surface area contributed by atoms with Gasteiger partial charge in [0.15, 0.2) is 0 Å². The molecule has 2 aromatic rings. The second kappa shape index (κ2) is 11.9. The lowest BCUT2D eigenvalue weighted by atomic mass is 10.1. The molecule has 1 fully saturated rings. The van der Waals surface area contributed by atoms with E-state index in [0.29, 0.717) is 0 Å². The number of benzene rings is 1. The van der Waals surface area contributed by atoms with Gasteiger partial charge in [0, 0.05) is 23.3 Å². The van der Waals surface area contributed by atoms with Gasteiger partial charge < -0.3 is 4.90 Å². The average molecular weight is 360 g/mol. The van der Waals surface area contributed by atoms with Crippen LogP contribution in [0.2, 0.25) is 0 Å². The molecular formula is C22H33NOS. The summed E-state index contributed by atoms with van der Waals surface area (Å²) in [6.45, 7) is 11.9. The van der Waals surface area contributed by atoms with Crippen LogP contribution in [0.1, 0.15) is 69.3 Å². The molecule has 1 aliphatic rings. The minimum atomic E-state index is 0.201. The highest BCUT2D eigenvalue weighted by Gasteiger charge is 2.18. The fourth-order valence-corrected chi connectivity index (χ4v) is 3.74. The predicted molar refractivity (Wildman–Crippen MR) is 112 cm³/mol. The van der Waals surface area contributed by atoms with E-state index in [1.807, 2.05) is 44.0 Å². The van der Waals surface area contributed by atoms with Gasteiger partial charge in [-0.2, -0.15) is 0 Å². The first-order chi connectivity index (χ1) is 12.2. The molecule has 1 aromatic carbocycles. The summed E-state index contributed by atoms with van der Waals surface area (Å²) in [5, 5.41) is 2.00. The van der Waals surface area contributed by atoms with Crippen molar-refractivity contribution in [1.82, 2.24) is 4.90 Å². The number of likely N-dealkylation sites (tertiary alicyclic amines) is 1. The Morgan fingerprint density at radius 1 is 0.960 bits per heavy atom. The van der Waals surface area contributed by atoms with Crippen LogP contribution in [-0.4, -0.2) is 23.9 Å². The molecule has 0 spiro atoms. The highest BCUT2D eigenvalue weighted by atomic mass is 32.1. The lowest BCUT2D eigenvalue weighted by molar-refractivity contribution is 0.0762. The Balaban J connectivity index is 0.000000730. The Morgan fingerprint density at radius 2 is 1.60 bits per heavy atom. The van der Waals surface area contributed by atoms with Gasteiger partial charge in [0.1, 0.15) is 0 Å². The molecule has 25 heavy (non-hydrogen) atoms. The molecule has 0 saturated carbocycles. The van der Waals surface area contributed by atoms with Gasteiger partial charge in [0.05, 0.1) is 5.56 Å². The van der Waals surface area contributed by atoms with Crippen molar-refractivity contribution in [2.75, 3.05) is 13.1 Å². The normalized spacial score (nSPS) is 13.7. The van der Waals surface area contributed by atoms with Crippen molar-refractivity contribution < 1.29 is 4.79 Å². The van der Waals surface area contributed by atoms with Crippen molar-refractivity contribution >= 4 is 17.2 Å². The molecule has 138 valence electrons. The molecule has 0 aliphatic carbocycles. The summed E-state index contributed by atoms with van der Waals surface area (Å²) in [5.74, 6) is 0.201. The molecule has 0 radical (unpaired) electrons. The zero-order valence-corrected chi connectivity index (χ0v) is 17.3. The maximum Gasteiger partial charge on any atom is 0.254 e. The second-order valence-electron chi connectivity index (χ2n) is 5.78. The molecule has 1 saturated heterocycles. The molecular weight excluding hydrogens is 326 g/mol. The molecule has 0 bridgehead atoms. The monoisotopic (exact) mass is 359 g/mol. The number of aryl methyl sites for hydroxylation is 1. The van der Waals surface area contributed by atoms with Crippen LogP contribution in [-0.2, 0) is 0 Å². The molecule has 1 amide bonds. The zero-order chi connectivity index (χ0) is 18.7. The lowest BCUT2D eigenvalue weighted by Gasteiger charge is -2.19. The van der Waals surface area contributed by atoms with Gasteiger partial charge in [-0.3, -0.25) is 4.79 Å². The number of amides is 1. The Bertz CT molecular complexity index is 624. The fraction of sp³-hybridized carbons (Fsp3) is 0.500. The van der Waals surface area contributed by atoms with Crippen molar-refractivity contribution in [2.24, 2.45) is 0 Å². The maximum atomic E-state index is 12.6. The molecule has 2 nitrogen and oxygen atoms in total. The van der Waals surface area contributed by atoms with Crippen molar-refractivity contribution in [3.05, 3.63) is 46.8 Å². The smallest absolute Gasteiger partial charge is 0.254 e. The van der Waals surface area contributed by atoms with Crippen LogP contribution in [0.5, 0.6) is 0 Å². The van der Waals surface area contributed by atoms with Crippen molar-refractivity contribution in [3.63, 3.8) is 0 Å². The molecule has 0 atom stereocenters. The number of hydrogen-bond acceptors (Lipinski definition) is 2. The second-order valence-corrected chi connectivity index (χ2v) is 6.69. The van der Waals surface area contributed by atoms with E-state index in [-0.39, 0.29) is 5.91 Å². The van der Waals surface area contributed by atoms with Crippen LogP contribution in [0, 0.1) is 6.92 Å². The fourth-order valence-electron chi connectivity index (χ4n) is 2.85. The third-order valence-electron chi connectivity index (χ3n) is 4.04. The van der Waals surface area contributed by atoms with Crippen molar-refractivity contribution in [3.8, 4) is 10.4 Å². The predicted octanol–water partition coefficient (Wildman–Crippen LogP) is 6.79. The van der Waals surface area contributed by atoms with E-state index < -0.39 is 0 Å². The third kappa shape index (κ3) is 6.32. The van der Waals surface area contributed by atoms with Crippen LogP contribution in [0.25, 0.3) is 10.4 Å². The minimum Gasteiger partial charge on any atom is -0.339 e. The van der Waals surface area contributed by atoms with E-state index in [9.17, 15) is 4.79 Å². The molecule has 0 unspecified atom stereocenters. The molecule has 1 aromatic heterocycles. The summed E-state index contributed by atoms with van der Waals surface area (Å²) in [4.78, 5) is 15.8. The first-order valence-electron chi connectivity index (χ1n) is 9.69. The summed E-state index contributed by atoms with van der Waals surface area (Å²) in [5.41, 5.74) is 3.30. The van der Waals surface area contributed by atoms with E-state index in [4.69, 9.17) is 0 Å². The van der Waals surface area contributed by atoms with E-state index >= 15 is 0 Å². The summed E-state index contributed by atoms with van der Waals surface area (Å²) in [6.07, 6.45) is 4.78. The van der Waals surface area contributed by atoms with Crippen LogP contribution in [0.4, 0.5) is 0 Å². The van der Waals surface area contributed by atoms with Gasteiger partial charge in [-0.25, -0.2) is 0 Å². The Hall–Kier alpha value is -1.61. The molecule has 3 rings (SSSR count). The van der Waals surface area contributed by atoms with Gasteiger partial charge in [-0.1, -0.05) is 70.4 Å². The number of hydrogen-bond donors (Lipinski definition) is 0. The molecule has 0 N–H and O–H groups in total. The van der Waals surface area contributed by atoms with Gasteiger partial charge in [-0.05, 0) is 31.4 Å². The number of rotatable bonds is 2. The minimum absolute atomic E-state index is 0.201.